The van der Waals surface area contributed by atoms with Crippen molar-refractivity contribution in [2.45, 2.75) is 39.5 Å². The molecule has 0 radical (unpaired) electrons. The zero-order chi connectivity index (χ0) is 27.5. The monoisotopic (exact) mass is 702 g/mol. The summed E-state index contributed by atoms with van der Waals surface area (Å²) in [4.78, 5) is 0. The Morgan fingerprint density at radius 1 is 0.447 bits per heavy atom. The van der Waals surface area contributed by atoms with Crippen LogP contribution in [0.2, 0.25) is 40.2 Å². The Morgan fingerprint density at radius 2 is 0.789 bits per heavy atom. The molecule has 0 aliphatic rings. The van der Waals surface area contributed by atoms with E-state index in [0.29, 0.717) is 42.7 Å². The van der Waals surface area contributed by atoms with Crippen LogP contribution in [0.4, 0.5) is 0 Å². The molecule has 0 amide bonds. The Hall–Kier alpha value is -0.380. The lowest BCUT2D eigenvalue weighted by Crippen LogP contribution is -1.94. The Morgan fingerprint density at radius 3 is 1.24 bits per heavy atom. The topological polar surface area (TPSA) is 51.6 Å². The minimum atomic E-state index is 0.119. The molecule has 0 fully saturated rings. The molecular formula is C24H14Cl8N4S2. The van der Waals surface area contributed by atoms with Crippen LogP contribution in [0.25, 0.3) is 42.7 Å². The summed E-state index contributed by atoms with van der Waals surface area (Å²) in [5.41, 5.74) is 0.818. The highest BCUT2D eigenvalue weighted by molar-refractivity contribution is 7.15. The standard InChI is InChI=1S/C24H14Cl8N4S2/c1-3-5-7-33-35-23(37-7)13-15(25)9-10-11(18(28)19(29)12(9)20(30)22(13)32)16(26)14(21(31)17(10)27)24-36-34-8(38-24)6-4-2/h3-6H2,1-2H3. The van der Waals surface area contributed by atoms with Gasteiger partial charge < -0.3 is 0 Å². The van der Waals surface area contributed by atoms with Gasteiger partial charge in [-0.1, -0.05) is 129 Å². The smallest absolute Gasteiger partial charge is 0.143 e. The third kappa shape index (κ3) is 4.67. The molecule has 0 unspecified atom stereocenters. The van der Waals surface area contributed by atoms with Crippen molar-refractivity contribution in [1.29, 1.82) is 0 Å². The Kier molecular flexibility index (Phi) is 8.80. The van der Waals surface area contributed by atoms with Gasteiger partial charge in [0, 0.05) is 34.4 Å². The van der Waals surface area contributed by atoms with Crippen LogP contribution in [0.3, 0.4) is 0 Å². The first-order valence-corrected chi connectivity index (χ1v) is 15.9. The number of rotatable bonds is 6. The fraction of sp³-hybridized carbons (Fsp3) is 0.250. The predicted molar refractivity (Wildman–Crippen MR) is 167 cm³/mol. The van der Waals surface area contributed by atoms with Crippen LogP contribution in [0.1, 0.15) is 36.7 Å². The van der Waals surface area contributed by atoms with Gasteiger partial charge in [-0.05, 0) is 12.8 Å². The minimum Gasteiger partial charge on any atom is -0.143 e. The molecule has 38 heavy (non-hydrogen) atoms. The van der Waals surface area contributed by atoms with Gasteiger partial charge in [0.1, 0.15) is 10.0 Å². The van der Waals surface area contributed by atoms with Crippen molar-refractivity contribution < 1.29 is 0 Å². The average molecular weight is 706 g/mol. The summed E-state index contributed by atoms with van der Waals surface area (Å²) in [5.74, 6) is 0. The molecular weight excluding hydrogens is 692 g/mol. The quantitative estimate of drug-likeness (QED) is 0.130. The van der Waals surface area contributed by atoms with Crippen molar-refractivity contribution in [3.63, 3.8) is 0 Å². The second-order valence-electron chi connectivity index (χ2n) is 8.26. The second-order valence-corrected chi connectivity index (χ2v) is 13.4. The van der Waals surface area contributed by atoms with Crippen LogP contribution in [0.5, 0.6) is 0 Å². The van der Waals surface area contributed by atoms with E-state index in [1.807, 2.05) is 0 Å². The van der Waals surface area contributed by atoms with Crippen molar-refractivity contribution in [3.05, 3.63) is 50.2 Å². The van der Waals surface area contributed by atoms with Crippen molar-refractivity contribution in [2.24, 2.45) is 0 Å². The number of aromatic nitrogens is 4. The summed E-state index contributed by atoms with van der Waals surface area (Å²) < 4.78 is 0. The number of fused-ring (bicyclic) bond motifs is 3. The van der Waals surface area contributed by atoms with Crippen molar-refractivity contribution in [2.75, 3.05) is 0 Å². The molecule has 0 saturated heterocycles. The summed E-state index contributed by atoms with van der Waals surface area (Å²) in [7, 11) is 0. The molecule has 14 heteroatoms. The van der Waals surface area contributed by atoms with Gasteiger partial charge in [-0.3, -0.25) is 0 Å². The molecule has 5 rings (SSSR count). The summed E-state index contributed by atoms with van der Waals surface area (Å²) in [5, 5.41) is 22.6. The SMILES string of the molecule is CCCc1nnc(-c2c(Cl)c(Cl)c3c(c2Cl)c(Cl)c(Cl)c2c(Cl)c(Cl)c(-c4nnc(CCC)s4)c(Cl)c23)s1. The van der Waals surface area contributed by atoms with E-state index in [4.69, 9.17) is 92.8 Å². The molecule has 4 nitrogen and oxygen atoms in total. The summed E-state index contributed by atoms with van der Waals surface area (Å²) in [6.45, 7) is 4.12. The number of aryl methyl sites for hydroxylation is 2. The normalized spacial score (nSPS) is 11.8. The first-order chi connectivity index (χ1) is 18.1. The van der Waals surface area contributed by atoms with Crippen LogP contribution in [-0.2, 0) is 12.8 Å². The zero-order valence-electron chi connectivity index (χ0n) is 19.5. The molecule has 0 saturated carbocycles. The van der Waals surface area contributed by atoms with E-state index in [1.54, 1.807) is 0 Å². The van der Waals surface area contributed by atoms with Crippen molar-refractivity contribution in [3.8, 4) is 21.1 Å². The van der Waals surface area contributed by atoms with E-state index in [1.165, 1.54) is 22.7 Å². The summed E-state index contributed by atoms with van der Waals surface area (Å²) in [6, 6.07) is 0. The van der Waals surface area contributed by atoms with Gasteiger partial charge in [-0.25, -0.2) is 0 Å². The van der Waals surface area contributed by atoms with E-state index in [-0.39, 0.29) is 40.2 Å². The largest absolute Gasteiger partial charge is 0.150 e. The van der Waals surface area contributed by atoms with Gasteiger partial charge in [-0.15, -0.1) is 20.4 Å². The second kappa shape index (κ2) is 11.5. The fourth-order valence-electron chi connectivity index (χ4n) is 4.14. The third-order valence-electron chi connectivity index (χ3n) is 5.81. The van der Waals surface area contributed by atoms with Crippen LogP contribution < -0.4 is 0 Å². The van der Waals surface area contributed by atoms with Crippen LogP contribution in [-0.4, -0.2) is 20.4 Å². The Bertz CT molecular complexity index is 1750. The maximum atomic E-state index is 7.04. The number of hydrogen-bond donors (Lipinski definition) is 0. The molecule has 0 aliphatic heterocycles. The van der Waals surface area contributed by atoms with Gasteiger partial charge in [-0.2, -0.15) is 0 Å². The summed E-state index contributed by atoms with van der Waals surface area (Å²) in [6.07, 6.45) is 3.37. The highest BCUT2D eigenvalue weighted by Crippen LogP contribution is 2.57. The van der Waals surface area contributed by atoms with Gasteiger partial charge in [0.15, 0.2) is 10.0 Å². The van der Waals surface area contributed by atoms with Gasteiger partial charge in [0.2, 0.25) is 0 Å². The molecule has 198 valence electrons. The van der Waals surface area contributed by atoms with Crippen LogP contribution in [0, 0.1) is 0 Å². The van der Waals surface area contributed by atoms with E-state index in [2.05, 4.69) is 34.2 Å². The molecule has 0 atom stereocenters. The van der Waals surface area contributed by atoms with Crippen LogP contribution in [0.15, 0.2) is 0 Å². The number of benzene rings is 3. The number of hydrogen-bond acceptors (Lipinski definition) is 6. The molecule has 0 spiro atoms. The maximum absolute atomic E-state index is 7.04. The van der Waals surface area contributed by atoms with Gasteiger partial charge in [0.25, 0.3) is 0 Å². The van der Waals surface area contributed by atoms with E-state index in [0.717, 1.165) is 35.7 Å². The zero-order valence-corrected chi connectivity index (χ0v) is 27.1. The molecule has 3 aromatic carbocycles. The van der Waals surface area contributed by atoms with Crippen molar-refractivity contribution in [1.82, 2.24) is 20.4 Å². The lowest BCUT2D eigenvalue weighted by molar-refractivity contribution is 0.879. The van der Waals surface area contributed by atoms with Crippen molar-refractivity contribution >= 4 is 137 Å². The first kappa shape index (κ1) is 29.1. The minimum absolute atomic E-state index is 0.119. The van der Waals surface area contributed by atoms with Crippen LogP contribution >= 0.6 is 115 Å². The highest BCUT2D eigenvalue weighted by atomic mass is 35.5. The number of nitrogens with zero attached hydrogens (tertiary/aromatic N) is 4. The van der Waals surface area contributed by atoms with E-state index in [9.17, 15) is 0 Å². The molecule has 0 bridgehead atoms. The average Bonchev–Trinajstić information content (AvgIpc) is 3.53. The molecule has 2 aromatic heterocycles. The highest BCUT2D eigenvalue weighted by Gasteiger charge is 2.30. The fourth-order valence-corrected chi connectivity index (χ4v) is 8.99. The molecule has 0 aliphatic carbocycles. The lowest BCUT2D eigenvalue weighted by atomic mass is 9.97. The Labute approximate surface area is 266 Å². The lowest BCUT2D eigenvalue weighted by Gasteiger charge is -2.19. The molecule has 5 aromatic rings. The maximum Gasteiger partial charge on any atom is 0.150 e. The first-order valence-electron chi connectivity index (χ1n) is 11.2. The van der Waals surface area contributed by atoms with Gasteiger partial charge in [0.05, 0.1) is 51.3 Å². The van der Waals surface area contributed by atoms with E-state index < -0.39 is 0 Å². The van der Waals surface area contributed by atoms with E-state index >= 15 is 0 Å². The number of halogens is 8. The molecule has 0 N–H and O–H groups in total. The predicted octanol–water partition coefficient (Wildman–Crippen LogP) is 12.2. The molecule has 2 heterocycles. The van der Waals surface area contributed by atoms with Gasteiger partial charge >= 0.3 is 0 Å². The summed E-state index contributed by atoms with van der Waals surface area (Å²) >= 11 is 57.6. The third-order valence-corrected chi connectivity index (χ3v) is 11.1. The Balaban J connectivity index is 1.92.